The van der Waals surface area contributed by atoms with Gasteiger partial charge in [0, 0.05) is 25.1 Å². The maximum atomic E-state index is 5.84. The third-order valence-electron chi connectivity index (χ3n) is 7.10. The topological polar surface area (TPSA) is 66.7 Å². The lowest BCUT2D eigenvalue weighted by Gasteiger charge is -2.36. The molecule has 0 bridgehead atoms. The Hall–Kier alpha value is -2.49. The van der Waals surface area contributed by atoms with E-state index in [1.807, 2.05) is 23.6 Å². The maximum Gasteiger partial charge on any atom is 0.258 e. The van der Waals surface area contributed by atoms with E-state index in [9.17, 15) is 0 Å². The molecule has 8 nitrogen and oxygen atoms in total. The normalized spacial score (nSPS) is 18.1. The van der Waals surface area contributed by atoms with Gasteiger partial charge in [-0.05, 0) is 49.8 Å². The van der Waals surface area contributed by atoms with Gasteiger partial charge < -0.3 is 28.6 Å². The highest BCUT2D eigenvalue weighted by atomic mass is 32.1. The lowest BCUT2D eigenvalue weighted by molar-refractivity contribution is 0.133. The van der Waals surface area contributed by atoms with E-state index in [0.29, 0.717) is 31.1 Å². The van der Waals surface area contributed by atoms with E-state index in [2.05, 4.69) is 10.3 Å². The van der Waals surface area contributed by atoms with Crippen LogP contribution in [-0.2, 0) is 16.1 Å². The third kappa shape index (κ3) is 4.57. The minimum atomic E-state index is 0.338. The molecule has 190 valence electrons. The van der Waals surface area contributed by atoms with Gasteiger partial charge in [0.25, 0.3) is 5.88 Å². The number of hydrogen-bond donors (Lipinski definition) is 0. The molecule has 2 fully saturated rings. The predicted octanol–water partition coefficient (Wildman–Crippen LogP) is 5.02. The van der Waals surface area contributed by atoms with Crippen LogP contribution in [-0.4, -0.2) is 63.4 Å². The van der Waals surface area contributed by atoms with Gasteiger partial charge in [0.2, 0.25) is 0 Å². The summed E-state index contributed by atoms with van der Waals surface area (Å²) in [5.74, 6) is 2.82. The van der Waals surface area contributed by atoms with Gasteiger partial charge >= 0.3 is 0 Å². The van der Waals surface area contributed by atoms with Gasteiger partial charge in [0.1, 0.15) is 22.0 Å². The summed E-state index contributed by atoms with van der Waals surface area (Å²) in [7, 11) is 5.07. The smallest absolute Gasteiger partial charge is 0.258 e. The molecule has 0 spiro atoms. The van der Waals surface area contributed by atoms with Gasteiger partial charge in [0.15, 0.2) is 0 Å². The van der Waals surface area contributed by atoms with Crippen LogP contribution in [0.3, 0.4) is 0 Å². The van der Waals surface area contributed by atoms with Crippen molar-refractivity contribution in [2.75, 3.05) is 52.6 Å². The molecule has 2 aromatic heterocycles. The van der Waals surface area contributed by atoms with Crippen LogP contribution in [0, 0.1) is 5.92 Å². The van der Waals surface area contributed by atoms with Gasteiger partial charge in [-0.1, -0.05) is 6.42 Å². The minimum Gasteiger partial charge on any atom is -0.496 e. The van der Waals surface area contributed by atoms with Crippen molar-refractivity contribution in [1.29, 1.82) is 0 Å². The molecule has 1 saturated carbocycles. The monoisotopic (exact) mass is 501 g/mol. The van der Waals surface area contributed by atoms with E-state index < -0.39 is 0 Å². The Morgan fingerprint density at radius 3 is 2.46 bits per heavy atom. The first-order chi connectivity index (χ1) is 17.2. The second-order valence-corrected chi connectivity index (χ2v) is 10.0. The lowest BCUT2D eigenvalue weighted by atomic mass is 9.84. The molecule has 9 heteroatoms. The highest BCUT2D eigenvalue weighted by Gasteiger charge is 2.34. The van der Waals surface area contributed by atoms with Crippen molar-refractivity contribution in [2.45, 2.75) is 45.3 Å². The quantitative estimate of drug-likeness (QED) is 0.365. The molecule has 2 aliphatic rings. The Bertz CT molecular complexity index is 1120. The van der Waals surface area contributed by atoms with Gasteiger partial charge in [-0.25, -0.2) is 4.52 Å². The summed E-state index contributed by atoms with van der Waals surface area (Å²) in [6.07, 6.45) is 4.92. The minimum absolute atomic E-state index is 0.338. The summed E-state index contributed by atoms with van der Waals surface area (Å²) in [5.41, 5.74) is 3.85. The van der Waals surface area contributed by atoms with Gasteiger partial charge in [0.05, 0.1) is 51.8 Å². The first-order valence-electron chi connectivity index (χ1n) is 12.4. The zero-order valence-electron chi connectivity index (χ0n) is 21.0. The van der Waals surface area contributed by atoms with Gasteiger partial charge in [-0.15, -0.1) is 16.4 Å². The molecule has 5 rings (SSSR count). The summed E-state index contributed by atoms with van der Waals surface area (Å²) in [5, 5.41) is 7.05. The Morgan fingerprint density at radius 1 is 1.11 bits per heavy atom. The zero-order valence-corrected chi connectivity index (χ0v) is 21.9. The van der Waals surface area contributed by atoms with Crippen LogP contribution < -0.4 is 19.1 Å². The van der Waals surface area contributed by atoms with E-state index in [1.165, 1.54) is 19.3 Å². The van der Waals surface area contributed by atoms with Crippen molar-refractivity contribution in [1.82, 2.24) is 9.61 Å². The molecule has 1 unspecified atom stereocenters. The fourth-order valence-corrected chi connectivity index (χ4v) is 6.02. The van der Waals surface area contributed by atoms with Gasteiger partial charge in [-0.3, -0.25) is 0 Å². The number of ether oxygens (including phenoxy) is 5. The summed E-state index contributed by atoms with van der Waals surface area (Å²) >= 11 is 1.67. The van der Waals surface area contributed by atoms with Crippen LogP contribution in [0.25, 0.3) is 16.1 Å². The maximum absolute atomic E-state index is 5.84. The fourth-order valence-electron chi connectivity index (χ4n) is 5.02. The molecule has 1 saturated heterocycles. The second kappa shape index (κ2) is 10.6. The van der Waals surface area contributed by atoms with E-state index in [-0.39, 0.29) is 0 Å². The number of fused-ring (bicyclic) bond motifs is 1. The first-order valence-corrected chi connectivity index (χ1v) is 13.3. The number of aromatic nitrogens is 2. The van der Waals surface area contributed by atoms with E-state index in [1.54, 1.807) is 32.7 Å². The number of hydrogen-bond acceptors (Lipinski definition) is 8. The first kappa shape index (κ1) is 24.2. The number of anilines is 1. The summed E-state index contributed by atoms with van der Waals surface area (Å²) in [6, 6.07) is 4.36. The molecule has 1 aliphatic carbocycles. The molecule has 3 heterocycles. The molecule has 1 aromatic carbocycles. The van der Waals surface area contributed by atoms with Crippen molar-refractivity contribution < 1.29 is 23.7 Å². The largest absolute Gasteiger partial charge is 0.496 e. The SMILES string of the molecule is CCOCc1cc(OC)c(-c2csc3c(N(CC4CCC4)C4CCOC4)c(OC)nn23)c(OC)c1. The lowest BCUT2D eigenvalue weighted by Crippen LogP contribution is -2.41. The van der Waals surface area contributed by atoms with Crippen LogP contribution in [0.2, 0.25) is 0 Å². The average molecular weight is 502 g/mol. The van der Waals surface area contributed by atoms with Crippen LogP contribution in [0.5, 0.6) is 17.4 Å². The highest BCUT2D eigenvalue weighted by molar-refractivity contribution is 7.16. The van der Waals surface area contributed by atoms with Gasteiger partial charge in [-0.2, -0.15) is 0 Å². The zero-order chi connectivity index (χ0) is 24.4. The molecule has 35 heavy (non-hydrogen) atoms. The van der Waals surface area contributed by atoms with Crippen LogP contribution in [0.4, 0.5) is 5.69 Å². The molecule has 3 aromatic rings. The Balaban J connectivity index is 1.61. The second-order valence-electron chi connectivity index (χ2n) is 9.17. The number of thiazole rings is 1. The molecular formula is C26H35N3O5S. The number of methoxy groups -OCH3 is 3. The molecule has 1 atom stereocenters. The molecule has 0 N–H and O–H groups in total. The molecule has 0 amide bonds. The number of nitrogens with zero attached hydrogens (tertiary/aromatic N) is 3. The van der Waals surface area contributed by atoms with Crippen molar-refractivity contribution in [3.63, 3.8) is 0 Å². The summed E-state index contributed by atoms with van der Waals surface area (Å²) < 4.78 is 30.9. The average Bonchev–Trinajstić information content (AvgIpc) is 3.59. The van der Waals surface area contributed by atoms with Crippen molar-refractivity contribution in [2.24, 2.45) is 5.92 Å². The van der Waals surface area contributed by atoms with E-state index in [4.69, 9.17) is 28.8 Å². The number of benzene rings is 1. The Morgan fingerprint density at radius 2 is 1.89 bits per heavy atom. The Kier molecular flexibility index (Phi) is 7.36. The standard InChI is InChI=1S/C26H35N3O5S/c1-5-33-14-18-11-21(30-2)23(22(12-18)31-3)20-16-35-26-24(25(32-4)27-29(20)26)28(13-17-7-6-8-17)19-9-10-34-15-19/h11-12,16-17,19H,5-10,13-15H2,1-4H3. The molecule has 1 aliphatic heterocycles. The Labute approximate surface area is 210 Å². The highest BCUT2D eigenvalue weighted by Crippen LogP contribution is 2.46. The van der Waals surface area contributed by atoms with Crippen molar-refractivity contribution in [3.05, 3.63) is 23.1 Å². The summed E-state index contributed by atoms with van der Waals surface area (Å²) in [4.78, 5) is 3.56. The summed E-state index contributed by atoms with van der Waals surface area (Å²) in [6.45, 7) is 5.70. The van der Waals surface area contributed by atoms with Crippen LogP contribution in [0.15, 0.2) is 17.5 Å². The van der Waals surface area contributed by atoms with E-state index >= 15 is 0 Å². The van der Waals surface area contributed by atoms with Crippen molar-refractivity contribution in [3.8, 4) is 28.6 Å². The fraction of sp³-hybridized carbons (Fsp3) is 0.577. The van der Waals surface area contributed by atoms with E-state index in [0.717, 1.165) is 65.0 Å². The predicted molar refractivity (Wildman–Crippen MR) is 137 cm³/mol. The molecule has 0 radical (unpaired) electrons. The number of rotatable bonds is 11. The van der Waals surface area contributed by atoms with Crippen molar-refractivity contribution >= 4 is 21.9 Å². The van der Waals surface area contributed by atoms with Crippen LogP contribution >= 0.6 is 11.3 Å². The molecular weight excluding hydrogens is 466 g/mol. The van der Waals surface area contributed by atoms with Crippen LogP contribution in [0.1, 0.15) is 38.2 Å². The third-order valence-corrected chi connectivity index (χ3v) is 8.03.